The van der Waals surface area contributed by atoms with Gasteiger partial charge in [0.05, 0.1) is 27.0 Å². The molecule has 8 heteroatoms. The van der Waals surface area contributed by atoms with Gasteiger partial charge >= 0.3 is 6.03 Å². The number of hydrogen-bond acceptors (Lipinski definition) is 5. The normalized spacial score (nSPS) is 13.6. The molecule has 30 heavy (non-hydrogen) atoms. The molecular weight excluding hydrogens is 386 g/mol. The van der Waals surface area contributed by atoms with E-state index in [0.717, 1.165) is 24.1 Å². The second-order valence-electron chi connectivity index (χ2n) is 7.00. The summed E-state index contributed by atoms with van der Waals surface area (Å²) in [6, 6.07) is 8.40. The molecule has 0 unspecified atom stereocenters. The Morgan fingerprint density at radius 3 is 2.20 bits per heavy atom. The number of carbonyl (C=O) groups is 2. The number of amides is 3. The van der Waals surface area contributed by atoms with Crippen LogP contribution in [-0.2, 0) is 4.79 Å². The average Bonchev–Trinajstić information content (AvgIpc) is 2.74. The molecule has 1 saturated heterocycles. The maximum atomic E-state index is 12.6. The quantitative estimate of drug-likeness (QED) is 0.742. The molecule has 2 aromatic rings. The first-order valence-corrected chi connectivity index (χ1v) is 9.76. The van der Waals surface area contributed by atoms with E-state index >= 15 is 0 Å². The monoisotopic (exact) mass is 413 g/mol. The highest BCUT2D eigenvalue weighted by atomic mass is 16.5. The summed E-state index contributed by atoms with van der Waals surface area (Å²) in [7, 11) is 4.54. The fourth-order valence-corrected chi connectivity index (χ4v) is 3.49. The predicted octanol–water partition coefficient (Wildman–Crippen LogP) is 4.18. The Bertz CT molecular complexity index is 919. The summed E-state index contributed by atoms with van der Waals surface area (Å²) in [4.78, 5) is 26.6. The maximum Gasteiger partial charge on any atom is 0.323 e. The lowest BCUT2D eigenvalue weighted by atomic mass is 10.1. The van der Waals surface area contributed by atoms with Crippen LogP contribution in [0.2, 0.25) is 0 Å². The van der Waals surface area contributed by atoms with Gasteiger partial charge in [0.15, 0.2) is 11.5 Å². The second kappa shape index (κ2) is 9.39. The Morgan fingerprint density at radius 2 is 1.60 bits per heavy atom. The predicted molar refractivity (Wildman–Crippen MR) is 116 cm³/mol. The number of anilines is 3. The third kappa shape index (κ3) is 4.59. The summed E-state index contributed by atoms with van der Waals surface area (Å²) in [6.07, 6.45) is 2.45. The number of benzene rings is 2. The lowest BCUT2D eigenvalue weighted by Crippen LogP contribution is -2.35. The van der Waals surface area contributed by atoms with Crippen LogP contribution in [0.25, 0.3) is 0 Å². The smallest absolute Gasteiger partial charge is 0.323 e. The van der Waals surface area contributed by atoms with E-state index in [4.69, 9.17) is 14.2 Å². The summed E-state index contributed by atoms with van der Waals surface area (Å²) in [5.74, 6) is 1.44. The van der Waals surface area contributed by atoms with Gasteiger partial charge in [-0.3, -0.25) is 4.79 Å². The zero-order valence-electron chi connectivity index (χ0n) is 17.7. The number of ether oxygens (including phenoxy) is 3. The highest BCUT2D eigenvalue weighted by Gasteiger charge is 2.21. The van der Waals surface area contributed by atoms with Crippen molar-refractivity contribution in [1.82, 2.24) is 0 Å². The van der Waals surface area contributed by atoms with Gasteiger partial charge in [-0.15, -0.1) is 0 Å². The van der Waals surface area contributed by atoms with Crippen molar-refractivity contribution in [2.45, 2.75) is 26.2 Å². The molecule has 1 aliphatic rings. The Morgan fingerprint density at radius 1 is 0.933 bits per heavy atom. The molecule has 3 amide bonds. The molecule has 0 bridgehead atoms. The van der Waals surface area contributed by atoms with Gasteiger partial charge in [-0.05, 0) is 37.5 Å². The minimum Gasteiger partial charge on any atom is -0.493 e. The van der Waals surface area contributed by atoms with E-state index in [0.29, 0.717) is 41.6 Å². The van der Waals surface area contributed by atoms with Crippen LogP contribution in [0, 0.1) is 6.92 Å². The van der Waals surface area contributed by atoms with Crippen LogP contribution >= 0.6 is 0 Å². The van der Waals surface area contributed by atoms with Crippen molar-refractivity contribution in [3.8, 4) is 17.2 Å². The van der Waals surface area contributed by atoms with E-state index in [1.54, 1.807) is 17.0 Å². The molecule has 1 heterocycles. The summed E-state index contributed by atoms with van der Waals surface area (Å²) in [6.45, 7) is 2.65. The summed E-state index contributed by atoms with van der Waals surface area (Å²) >= 11 is 0. The first kappa shape index (κ1) is 21.3. The van der Waals surface area contributed by atoms with Gasteiger partial charge in [0.1, 0.15) is 0 Å². The summed E-state index contributed by atoms with van der Waals surface area (Å²) in [5, 5.41) is 5.58. The topological polar surface area (TPSA) is 89.1 Å². The number of hydrogen-bond donors (Lipinski definition) is 2. The van der Waals surface area contributed by atoms with Gasteiger partial charge in [-0.1, -0.05) is 6.07 Å². The van der Waals surface area contributed by atoms with Crippen LogP contribution in [0.3, 0.4) is 0 Å². The molecule has 0 atom stereocenters. The first-order valence-electron chi connectivity index (χ1n) is 9.76. The molecule has 160 valence electrons. The van der Waals surface area contributed by atoms with Gasteiger partial charge in [0.2, 0.25) is 11.7 Å². The number of carbonyl (C=O) groups excluding carboxylic acids is 2. The molecule has 2 N–H and O–H groups in total. The molecule has 3 rings (SSSR count). The van der Waals surface area contributed by atoms with Crippen molar-refractivity contribution in [3.05, 3.63) is 35.9 Å². The van der Waals surface area contributed by atoms with Crippen LogP contribution in [0.15, 0.2) is 30.3 Å². The standard InChI is InChI=1S/C22H27N3O5/c1-14-8-9-15(11-17(14)25-10-6-5-7-20(25)26)23-22(27)24-16-12-18(28-2)21(30-4)19(13-16)29-3/h8-9,11-13H,5-7,10H2,1-4H3,(H2,23,24,27). The number of nitrogens with zero attached hydrogens (tertiary/aromatic N) is 1. The first-order chi connectivity index (χ1) is 14.5. The Labute approximate surface area is 176 Å². The van der Waals surface area contributed by atoms with Crippen molar-refractivity contribution in [3.63, 3.8) is 0 Å². The largest absolute Gasteiger partial charge is 0.493 e. The van der Waals surface area contributed by atoms with E-state index < -0.39 is 6.03 Å². The minimum absolute atomic E-state index is 0.114. The third-order valence-electron chi connectivity index (χ3n) is 5.00. The maximum absolute atomic E-state index is 12.6. The van der Waals surface area contributed by atoms with Crippen LogP contribution < -0.4 is 29.7 Å². The van der Waals surface area contributed by atoms with Crippen molar-refractivity contribution >= 4 is 29.0 Å². The van der Waals surface area contributed by atoms with Crippen LogP contribution in [0.4, 0.5) is 21.9 Å². The zero-order valence-corrected chi connectivity index (χ0v) is 17.7. The SMILES string of the molecule is COc1cc(NC(=O)Nc2ccc(C)c(N3CCCCC3=O)c2)cc(OC)c1OC. The van der Waals surface area contributed by atoms with Crippen molar-refractivity contribution in [2.75, 3.05) is 43.4 Å². The van der Waals surface area contributed by atoms with E-state index in [2.05, 4.69) is 10.6 Å². The van der Waals surface area contributed by atoms with Crippen molar-refractivity contribution < 1.29 is 23.8 Å². The van der Waals surface area contributed by atoms with Gasteiger partial charge in [0.25, 0.3) is 0 Å². The second-order valence-corrected chi connectivity index (χ2v) is 7.00. The van der Waals surface area contributed by atoms with E-state index in [-0.39, 0.29) is 5.91 Å². The minimum atomic E-state index is -0.427. The van der Waals surface area contributed by atoms with Crippen LogP contribution in [0.1, 0.15) is 24.8 Å². The fraction of sp³-hybridized carbons (Fsp3) is 0.364. The fourth-order valence-electron chi connectivity index (χ4n) is 3.49. The summed E-state index contributed by atoms with van der Waals surface area (Å²) < 4.78 is 15.9. The zero-order chi connectivity index (χ0) is 21.7. The molecule has 0 aromatic heterocycles. The molecule has 0 spiro atoms. The van der Waals surface area contributed by atoms with Crippen molar-refractivity contribution in [1.29, 1.82) is 0 Å². The van der Waals surface area contributed by atoms with Crippen molar-refractivity contribution in [2.24, 2.45) is 0 Å². The number of methoxy groups -OCH3 is 3. The van der Waals surface area contributed by atoms with E-state index in [1.165, 1.54) is 21.3 Å². The third-order valence-corrected chi connectivity index (χ3v) is 5.00. The number of nitrogens with one attached hydrogen (secondary N) is 2. The van der Waals surface area contributed by atoms with E-state index in [9.17, 15) is 9.59 Å². The number of aryl methyl sites for hydroxylation is 1. The summed E-state index contributed by atoms with van der Waals surface area (Å²) in [5.41, 5.74) is 2.89. The highest BCUT2D eigenvalue weighted by molar-refractivity contribution is 6.01. The molecule has 1 fully saturated rings. The average molecular weight is 413 g/mol. The van der Waals surface area contributed by atoms with Crippen LogP contribution in [0.5, 0.6) is 17.2 Å². The van der Waals surface area contributed by atoms with Crippen LogP contribution in [-0.4, -0.2) is 39.8 Å². The molecule has 8 nitrogen and oxygen atoms in total. The Balaban J connectivity index is 1.77. The van der Waals surface area contributed by atoms with Gasteiger partial charge < -0.3 is 29.7 Å². The molecule has 0 radical (unpaired) electrons. The lowest BCUT2D eigenvalue weighted by molar-refractivity contribution is -0.119. The lowest BCUT2D eigenvalue weighted by Gasteiger charge is -2.28. The van der Waals surface area contributed by atoms with E-state index in [1.807, 2.05) is 25.1 Å². The Hall–Kier alpha value is -3.42. The molecule has 2 aromatic carbocycles. The molecule has 0 saturated carbocycles. The molecule has 0 aliphatic carbocycles. The number of rotatable bonds is 6. The number of urea groups is 1. The van der Waals surface area contributed by atoms with Gasteiger partial charge in [-0.25, -0.2) is 4.79 Å². The molecule has 1 aliphatic heterocycles. The van der Waals surface area contributed by atoms with Gasteiger partial charge in [-0.2, -0.15) is 0 Å². The van der Waals surface area contributed by atoms with Gasteiger partial charge in [0, 0.05) is 36.5 Å². The number of piperidine rings is 1. The molecular formula is C22H27N3O5. The Kier molecular flexibility index (Phi) is 6.66. The highest BCUT2D eigenvalue weighted by Crippen LogP contribution is 2.40.